The molecule has 0 saturated heterocycles. The van der Waals surface area contributed by atoms with Crippen LogP contribution in [-0.2, 0) is 14.3 Å². The van der Waals surface area contributed by atoms with Gasteiger partial charge in [0.05, 0.1) is 18.8 Å². The Balaban J connectivity index is 1.63. The second-order valence-electron chi connectivity index (χ2n) is 7.05. The molecule has 1 N–H and O–H groups in total. The molecule has 0 aromatic heterocycles. The van der Waals surface area contributed by atoms with Gasteiger partial charge in [-0.15, -0.1) is 13.2 Å². The molecule has 1 atom stereocenters. The Bertz CT molecular complexity index is 943. The molecule has 190 valence electrons. The van der Waals surface area contributed by atoms with Gasteiger partial charge in [0, 0.05) is 12.7 Å². The van der Waals surface area contributed by atoms with Gasteiger partial charge in [0.15, 0.2) is 0 Å². The van der Waals surface area contributed by atoms with Crippen molar-refractivity contribution in [1.82, 2.24) is 0 Å². The van der Waals surface area contributed by atoms with Gasteiger partial charge in [-0.2, -0.15) is 0 Å². The molecule has 1 unspecified atom stereocenters. The van der Waals surface area contributed by atoms with Gasteiger partial charge in [0.25, 0.3) is 0 Å². The number of alkyl halides is 3. The summed E-state index contributed by atoms with van der Waals surface area (Å²) in [6.45, 7) is 3.92. The highest BCUT2D eigenvalue weighted by molar-refractivity contribution is 5.91. The van der Waals surface area contributed by atoms with E-state index in [0.717, 1.165) is 18.2 Å². The Hall–Kier alpha value is -3.57. The summed E-state index contributed by atoms with van der Waals surface area (Å²) >= 11 is 0. The van der Waals surface area contributed by atoms with Crippen LogP contribution in [0.15, 0.2) is 61.2 Å². The number of carbonyl (C=O) groups excluding carboxylic acids is 2. The summed E-state index contributed by atoms with van der Waals surface area (Å²) in [5.74, 6) is -1.11. The van der Waals surface area contributed by atoms with Crippen molar-refractivity contribution in [2.75, 3.05) is 26.4 Å². The number of hydrogen-bond donors (Lipinski definition) is 1. The lowest BCUT2D eigenvalue weighted by atomic mass is 10.2. The predicted octanol–water partition coefficient (Wildman–Crippen LogP) is 4.07. The van der Waals surface area contributed by atoms with Gasteiger partial charge in [0.1, 0.15) is 30.0 Å². The molecule has 35 heavy (non-hydrogen) atoms. The number of halogens is 3. The molecule has 2 aromatic carbocycles. The van der Waals surface area contributed by atoms with Crippen molar-refractivity contribution in [2.24, 2.45) is 0 Å². The van der Waals surface area contributed by atoms with Crippen LogP contribution in [0.4, 0.5) is 13.2 Å². The summed E-state index contributed by atoms with van der Waals surface area (Å²) < 4.78 is 61.0. The molecule has 0 radical (unpaired) electrons. The van der Waals surface area contributed by atoms with E-state index in [2.05, 4.69) is 11.3 Å². The number of unbranched alkanes of at least 4 members (excludes halogenated alkanes) is 1. The van der Waals surface area contributed by atoms with Gasteiger partial charge in [-0.1, -0.05) is 6.58 Å². The molecule has 0 heterocycles. The zero-order valence-electron chi connectivity index (χ0n) is 18.7. The SMILES string of the molecule is C=CC(=O)OCC(O)COCCCCOc1ccc(C(=O)Oc2ccc(OC(F)(F)F)cc2)cc1. The van der Waals surface area contributed by atoms with E-state index < -0.39 is 30.2 Å². The Labute approximate surface area is 199 Å². The van der Waals surface area contributed by atoms with Crippen LogP contribution in [0.5, 0.6) is 17.2 Å². The van der Waals surface area contributed by atoms with Crippen LogP contribution < -0.4 is 14.2 Å². The van der Waals surface area contributed by atoms with E-state index in [0.29, 0.717) is 31.8 Å². The maximum Gasteiger partial charge on any atom is 0.573 e. The first kappa shape index (κ1) is 27.7. The van der Waals surface area contributed by atoms with E-state index in [4.69, 9.17) is 18.9 Å². The Morgan fingerprint density at radius 2 is 1.51 bits per heavy atom. The van der Waals surface area contributed by atoms with E-state index in [1.54, 1.807) is 12.1 Å². The zero-order chi connectivity index (χ0) is 25.7. The fraction of sp³-hybridized carbons (Fsp3) is 0.333. The van der Waals surface area contributed by atoms with Crippen LogP contribution in [0.1, 0.15) is 23.2 Å². The van der Waals surface area contributed by atoms with Crippen LogP contribution in [0.2, 0.25) is 0 Å². The minimum absolute atomic E-state index is 0.0360. The van der Waals surface area contributed by atoms with Crippen LogP contribution >= 0.6 is 0 Å². The molecular formula is C24H25F3O8. The standard InChI is InChI=1S/C24H25F3O8/c1-2-22(29)33-16-18(28)15-31-13-3-4-14-32-19-7-5-17(6-8-19)23(30)34-20-9-11-21(12-10-20)35-24(25,26)27/h2,5-12,18,28H,1,3-4,13-16H2. The van der Waals surface area contributed by atoms with Crippen LogP contribution in [-0.4, -0.2) is 55.9 Å². The molecule has 11 heteroatoms. The first-order valence-electron chi connectivity index (χ1n) is 10.5. The second-order valence-corrected chi connectivity index (χ2v) is 7.05. The molecule has 2 rings (SSSR count). The average Bonchev–Trinajstić information content (AvgIpc) is 2.82. The predicted molar refractivity (Wildman–Crippen MR) is 117 cm³/mol. The maximum absolute atomic E-state index is 12.2. The van der Waals surface area contributed by atoms with Crippen molar-refractivity contribution in [1.29, 1.82) is 0 Å². The van der Waals surface area contributed by atoms with Crippen LogP contribution in [0, 0.1) is 0 Å². The fourth-order valence-corrected chi connectivity index (χ4v) is 2.56. The Morgan fingerprint density at radius 3 is 2.14 bits per heavy atom. The number of rotatable bonds is 14. The summed E-state index contributed by atoms with van der Waals surface area (Å²) in [6, 6.07) is 10.7. The highest BCUT2D eigenvalue weighted by Crippen LogP contribution is 2.25. The van der Waals surface area contributed by atoms with Gasteiger partial charge in [-0.3, -0.25) is 0 Å². The molecule has 0 aliphatic carbocycles. The molecule has 0 bridgehead atoms. The number of benzene rings is 2. The smallest absolute Gasteiger partial charge is 0.494 e. The maximum atomic E-state index is 12.2. The number of aliphatic hydroxyl groups excluding tert-OH is 1. The Kier molecular flexibility index (Phi) is 11.0. The van der Waals surface area contributed by atoms with Gasteiger partial charge in [-0.05, 0) is 61.4 Å². The van der Waals surface area contributed by atoms with Crippen molar-refractivity contribution in [3.8, 4) is 17.2 Å². The monoisotopic (exact) mass is 498 g/mol. The van der Waals surface area contributed by atoms with Crippen molar-refractivity contribution in [3.05, 3.63) is 66.7 Å². The van der Waals surface area contributed by atoms with Gasteiger partial charge in [0.2, 0.25) is 0 Å². The van der Waals surface area contributed by atoms with Crippen LogP contribution in [0.25, 0.3) is 0 Å². The molecule has 8 nitrogen and oxygen atoms in total. The normalized spacial score (nSPS) is 11.9. The summed E-state index contributed by atoms with van der Waals surface area (Å²) in [6.07, 6.45) is -3.35. The van der Waals surface area contributed by atoms with E-state index in [1.165, 1.54) is 24.3 Å². The molecule has 0 saturated carbocycles. The Morgan fingerprint density at radius 1 is 0.914 bits per heavy atom. The van der Waals surface area contributed by atoms with Crippen molar-refractivity contribution >= 4 is 11.9 Å². The lowest BCUT2D eigenvalue weighted by Gasteiger charge is -2.11. The minimum Gasteiger partial charge on any atom is -0.494 e. The van der Waals surface area contributed by atoms with Crippen molar-refractivity contribution in [3.63, 3.8) is 0 Å². The third-order valence-electron chi connectivity index (χ3n) is 4.20. The molecule has 0 aliphatic rings. The lowest BCUT2D eigenvalue weighted by Crippen LogP contribution is -2.23. The largest absolute Gasteiger partial charge is 0.573 e. The van der Waals surface area contributed by atoms with Gasteiger partial charge >= 0.3 is 18.3 Å². The number of aliphatic hydroxyl groups is 1. The van der Waals surface area contributed by atoms with E-state index in [1.807, 2.05) is 0 Å². The summed E-state index contributed by atoms with van der Waals surface area (Å²) in [7, 11) is 0. The quantitative estimate of drug-likeness (QED) is 0.180. The molecule has 0 spiro atoms. The topological polar surface area (TPSA) is 101 Å². The highest BCUT2D eigenvalue weighted by Gasteiger charge is 2.31. The van der Waals surface area contributed by atoms with E-state index in [9.17, 15) is 27.9 Å². The molecule has 2 aromatic rings. The zero-order valence-corrected chi connectivity index (χ0v) is 18.7. The first-order chi connectivity index (χ1) is 16.7. The third kappa shape index (κ3) is 11.4. The number of esters is 2. The van der Waals surface area contributed by atoms with Crippen LogP contribution in [0.3, 0.4) is 0 Å². The number of ether oxygens (including phenoxy) is 5. The average molecular weight is 498 g/mol. The van der Waals surface area contributed by atoms with Gasteiger partial charge in [-0.25, -0.2) is 9.59 Å². The minimum atomic E-state index is -4.80. The third-order valence-corrected chi connectivity index (χ3v) is 4.20. The molecular weight excluding hydrogens is 473 g/mol. The lowest BCUT2D eigenvalue weighted by molar-refractivity contribution is -0.274. The fourth-order valence-electron chi connectivity index (χ4n) is 2.56. The summed E-state index contributed by atoms with van der Waals surface area (Å²) in [5.41, 5.74) is 0.235. The first-order valence-corrected chi connectivity index (χ1v) is 10.5. The highest BCUT2D eigenvalue weighted by atomic mass is 19.4. The molecule has 0 amide bonds. The number of hydrogen-bond acceptors (Lipinski definition) is 8. The molecule has 0 fully saturated rings. The van der Waals surface area contributed by atoms with E-state index >= 15 is 0 Å². The van der Waals surface area contributed by atoms with E-state index in [-0.39, 0.29) is 24.5 Å². The number of carbonyl (C=O) groups is 2. The summed E-state index contributed by atoms with van der Waals surface area (Å²) in [4.78, 5) is 23.1. The summed E-state index contributed by atoms with van der Waals surface area (Å²) in [5, 5.41) is 9.60. The second kappa shape index (κ2) is 14.0. The van der Waals surface area contributed by atoms with Gasteiger partial charge < -0.3 is 28.8 Å². The van der Waals surface area contributed by atoms with Crippen molar-refractivity contribution in [2.45, 2.75) is 25.3 Å². The molecule has 0 aliphatic heterocycles. The van der Waals surface area contributed by atoms with Crippen molar-refractivity contribution < 1.29 is 51.6 Å².